The summed E-state index contributed by atoms with van der Waals surface area (Å²) in [6.45, 7) is 0. The molecule has 372 valence electrons. The Morgan fingerprint density at radius 1 is 0.459 bits per heavy atom. The SMILES string of the molecule is O=C(Nc1cc(S(=O)(=O)O)cc2cc(S(=O)(=O)[O-])c(N=Nc3ccc(Nc4ccc(N=Nc5c(S(=O)(=O)O)cc6cc(S(=O)(=O)O)cc(NC(=O)c7ccccc7)c6c5O)cc4)cc3)c(O)c12)c1ccccc1.[Na+]. The monoisotopic (exact) mass is 1090 g/mol. The van der Waals surface area contributed by atoms with Crippen molar-refractivity contribution in [1.82, 2.24) is 0 Å². The predicted octanol–water partition coefficient (Wildman–Crippen LogP) is 6.13. The molecule has 8 rings (SSSR count). The number of nitrogens with one attached hydrogen (secondary N) is 3. The number of nitrogens with zero attached hydrogens (tertiary/aromatic N) is 4. The molecule has 0 aliphatic heterocycles. The Morgan fingerprint density at radius 3 is 1.18 bits per heavy atom. The molecular formula is C46H32N7NaO16S4. The topological polar surface area (TPSA) is 380 Å². The molecule has 0 spiro atoms. The van der Waals surface area contributed by atoms with E-state index < -0.39 is 100 Å². The van der Waals surface area contributed by atoms with Gasteiger partial charge in [-0.05, 0) is 120 Å². The summed E-state index contributed by atoms with van der Waals surface area (Å²) in [5.41, 5.74) is -1.14. The van der Waals surface area contributed by atoms with Gasteiger partial charge in [0.05, 0.1) is 37.4 Å². The van der Waals surface area contributed by atoms with Crippen LogP contribution in [0.4, 0.5) is 45.5 Å². The van der Waals surface area contributed by atoms with Gasteiger partial charge in [0, 0.05) is 33.3 Å². The molecule has 0 saturated carbocycles. The number of anilines is 4. The molecule has 28 heteroatoms. The molecule has 0 aliphatic carbocycles. The summed E-state index contributed by atoms with van der Waals surface area (Å²) < 4.78 is 141. The van der Waals surface area contributed by atoms with E-state index in [0.717, 1.165) is 30.3 Å². The minimum Gasteiger partial charge on any atom is -0.744 e. The summed E-state index contributed by atoms with van der Waals surface area (Å²) in [6, 6.07) is 31.6. The first-order valence-electron chi connectivity index (χ1n) is 20.4. The van der Waals surface area contributed by atoms with Crippen LogP contribution in [0.25, 0.3) is 21.5 Å². The summed E-state index contributed by atoms with van der Waals surface area (Å²) >= 11 is 0. The van der Waals surface area contributed by atoms with Gasteiger partial charge in [-0.1, -0.05) is 36.4 Å². The van der Waals surface area contributed by atoms with Crippen LogP contribution in [-0.2, 0) is 40.5 Å². The molecule has 23 nitrogen and oxygen atoms in total. The Morgan fingerprint density at radius 2 is 0.824 bits per heavy atom. The van der Waals surface area contributed by atoms with Crippen LogP contribution in [0.3, 0.4) is 0 Å². The zero-order chi connectivity index (χ0) is 52.6. The first-order valence-corrected chi connectivity index (χ1v) is 26.2. The van der Waals surface area contributed by atoms with Crippen molar-refractivity contribution in [1.29, 1.82) is 0 Å². The van der Waals surface area contributed by atoms with E-state index in [1.54, 1.807) is 36.4 Å². The second kappa shape index (κ2) is 21.1. The summed E-state index contributed by atoms with van der Waals surface area (Å²) in [7, 11) is -20.6. The first kappa shape index (κ1) is 54.2. The van der Waals surface area contributed by atoms with Gasteiger partial charge in [-0.2, -0.15) is 35.5 Å². The fourth-order valence-corrected chi connectivity index (χ4v) is 9.56. The molecular weight excluding hydrogens is 1060 g/mol. The molecule has 0 heterocycles. The van der Waals surface area contributed by atoms with Crippen molar-refractivity contribution in [3.63, 3.8) is 0 Å². The number of phenolic OH excluding ortho intramolecular Hbond substituents is 2. The molecule has 2 amide bonds. The number of amides is 2. The second-order valence-corrected chi connectivity index (χ2v) is 21.0. The molecule has 0 atom stereocenters. The molecule has 74 heavy (non-hydrogen) atoms. The van der Waals surface area contributed by atoms with Gasteiger partial charge in [-0.15, -0.1) is 10.2 Å². The van der Waals surface area contributed by atoms with E-state index >= 15 is 0 Å². The maximum atomic E-state index is 13.1. The van der Waals surface area contributed by atoms with Gasteiger partial charge in [0.25, 0.3) is 42.2 Å². The number of phenols is 2. The van der Waals surface area contributed by atoms with Crippen LogP contribution in [-0.4, -0.2) is 73.9 Å². The summed E-state index contributed by atoms with van der Waals surface area (Å²) in [4.78, 5) is 22.5. The van der Waals surface area contributed by atoms with Crippen molar-refractivity contribution in [2.45, 2.75) is 19.6 Å². The number of azo groups is 2. The maximum Gasteiger partial charge on any atom is 1.00 e. The van der Waals surface area contributed by atoms with E-state index in [-0.39, 0.29) is 79.3 Å². The van der Waals surface area contributed by atoms with Crippen LogP contribution >= 0.6 is 0 Å². The quantitative estimate of drug-likeness (QED) is 0.0345. The molecule has 0 aromatic heterocycles. The van der Waals surface area contributed by atoms with Crippen LogP contribution in [0.15, 0.2) is 186 Å². The molecule has 8 aromatic carbocycles. The van der Waals surface area contributed by atoms with Gasteiger partial charge in [0.1, 0.15) is 26.4 Å². The van der Waals surface area contributed by atoms with E-state index in [4.69, 9.17) is 0 Å². The Labute approximate surface area is 441 Å². The minimum absolute atomic E-state index is 0. The van der Waals surface area contributed by atoms with Gasteiger partial charge in [0.15, 0.2) is 11.5 Å². The number of hydrogen-bond donors (Lipinski definition) is 8. The Hall–Kier alpha value is -7.54. The average molecular weight is 1090 g/mol. The van der Waals surface area contributed by atoms with Crippen molar-refractivity contribution in [2.75, 3.05) is 16.0 Å². The number of rotatable bonds is 14. The van der Waals surface area contributed by atoms with Crippen LogP contribution in [0.5, 0.6) is 11.5 Å². The third kappa shape index (κ3) is 12.1. The van der Waals surface area contributed by atoms with E-state index in [1.165, 1.54) is 72.8 Å². The molecule has 0 radical (unpaired) electrons. The summed E-state index contributed by atoms with van der Waals surface area (Å²) in [6.07, 6.45) is 0. The normalized spacial score (nSPS) is 12.2. The van der Waals surface area contributed by atoms with E-state index in [2.05, 4.69) is 36.4 Å². The number of aromatic hydroxyl groups is 2. The zero-order valence-corrected chi connectivity index (χ0v) is 42.8. The number of hydrogen-bond acceptors (Lipinski definition) is 18. The Bertz CT molecular complexity index is 3830. The molecule has 0 bridgehead atoms. The molecule has 0 unspecified atom stereocenters. The molecule has 0 saturated heterocycles. The zero-order valence-electron chi connectivity index (χ0n) is 37.5. The summed E-state index contributed by atoms with van der Waals surface area (Å²) in [5.74, 6) is -3.48. The summed E-state index contributed by atoms with van der Waals surface area (Å²) in [5, 5.41) is 45.1. The van der Waals surface area contributed by atoms with Crippen molar-refractivity contribution >= 4 is 119 Å². The molecule has 8 aromatic rings. The second-order valence-electron chi connectivity index (χ2n) is 15.4. The van der Waals surface area contributed by atoms with Crippen molar-refractivity contribution < 1.29 is 101 Å². The number of benzene rings is 8. The Balaban J connectivity index is 0.00000800. The Kier molecular flexibility index (Phi) is 15.5. The fourth-order valence-electron chi connectivity index (χ4n) is 7.17. The number of fused-ring (bicyclic) bond motifs is 2. The third-order valence-corrected chi connectivity index (χ3v) is 13.9. The molecule has 0 fully saturated rings. The van der Waals surface area contributed by atoms with E-state index in [1.807, 2.05) is 0 Å². The number of carbonyl (C=O) groups excluding carboxylic acids is 2. The van der Waals surface area contributed by atoms with Crippen molar-refractivity contribution in [3.8, 4) is 11.5 Å². The largest absolute Gasteiger partial charge is 1.00 e. The fraction of sp³-hybridized carbons (Fsp3) is 0. The number of carbonyl (C=O) groups is 2. The first-order chi connectivity index (χ1) is 34.3. The average Bonchev–Trinajstić information content (AvgIpc) is 3.33. The van der Waals surface area contributed by atoms with Crippen LogP contribution < -0.4 is 45.5 Å². The molecule has 0 aliphatic rings. The van der Waals surface area contributed by atoms with Crippen LogP contribution in [0.1, 0.15) is 20.7 Å². The molecule has 8 N–H and O–H groups in total. The van der Waals surface area contributed by atoms with Gasteiger partial charge >= 0.3 is 29.6 Å². The van der Waals surface area contributed by atoms with Gasteiger partial charge in [-0.25, -0.2) is 8.42 Å². The smallest absolute Gasteiger partial charge is 0.744 e. The van der Waals surface area contributed by atoms with Crippen LogP contribution in [0, 0.1) is 0 Å². The van der Waals surface area contributed by atoms with E-state index in [0.29, 0.717) is 17.4 Å². The van der Waals surface area contributed by atoms with Crippen LogP contribution in [0.2, 0.25) is 0 Å². The van der Waals surface area contributed by atoms with Gasteiger partial charge < -0.3 is 30.7 Å². The van der Waals surface area contributed by atoms with Crippen molar-refractivity contribution in [3.05, 3.63) is 157 Å². The van der Waals surface area contributed by atoms with E-state index in [9.17, 15) is 71.7 Å². The maximum absolute atomic E-state index is 13.1. The predicted molar refractivity (Wildman–Crippen MR) is 262 cm³/mol. The van der Waals surface area contributed by atoms with Gasteiger partial charge in [0.2, 0.25) is 0 Å². The minimum atomic E-state index is -5.45. The standard InChI is InChI=1S/C46H33N7O16S4.Na/c54-43-39-27(19-33(70(58,59)60)23-35(39)48-45(56)25-7-3-1-4-8-25)21-37(72(64,65)66)41(43)52-50-31-15-11-29(12-16-31)47-30-13-17-32(18-14-30)51-53-42-38(73(67,68)69)22-28-20-34(71(61,62)63)24-36(40(28)44(42)55)49-46(57)26-9-5-2-6-10-26;/h1-24,47,54-55H,(H,48,56)(H,49,57)(H,58,59,60)(H,61,62,63)(H,64,65,66)(H,67,68,69);/q;+1/p-1. The third-order valence-electron chi connectivity index (χ3n) is 10.5. The van der Waals surface area contributed by atoms with Crippen molar-refractivity contribution in [2.24, 2.45) is 20.5 Å². The van der Waals surface area contributed by atoms with Gasteiger partial charge in [-0.3, -0.25) is 23.2 Å².